The van der Waals surface area contributed by atoms with E-state index >= 15 is 0 Å². The van der Waals surface area contributed by atoms with Crippen LogP contribution in [0.3, 0.4) is 0 Å². The number of piperazine rings is 1. The molecule has 1 aliphatic carbocycles. The van der Waals surface area contributed by atoms with E-state index in [2.05, 4.69) is 5.32 Å². The minimum atomic E-state index is 0.0145. The lowest BCUT2D eigenvalue weighted by Crippen LogP contribution is -2.52. The number of hydrogen-bond donors (Lipinski definition) is 1. The molecule has 5 nitrogen and oxygen atoms in total. The lowest BCUT2D eigenvalue weighted by molar-refractivity contribution is -0.142. The van der Waals surface area contributed by atoms with Gasteiger partial charge in [0.25, 0.3) is 0 Å². The number of nitrogens with one attached hydrogen (secondary N) is 1. The topological polar surface area (TPSA) is 52.7 Å². The molecule has 0 aromatic rings. The van der Waals surface area contributed by atoms with E-state index in [1.54, 1.807) is 0 Å². The van der Waals surface area contributed by atoms with Crippen LogP contribution in [0.2, 0.25) is 0 Å². The van der Waals surface area contributed by atoms with E-state index < -0.39 is 0 Å². The third kappa shape index (κ3) is 3.02. The van der Waals surface area contributed by atoms with Crippen LogP contribution in [0, 0.1) is 11.8 Å². The molecule has 1 heterocycles. The maximum absolute atomic E-state index is 12.1. The molecule has 5 heteroatoms. The predicted molar refractivity (Wildman–Crippen MR) is 69.0 cm³/mol. The Morgan fingerprint density at radius 2 is 1.72 bits per heavy atom. The standard InChI is InChI=1S/C13H23N3O2/c1-10(9-14-2)12(17)15-5-7-16(8-6-15)13(18)11-3-4-11/h10-11,14H,3-9H2,1-2H3. The molecule has 1 unspecified atom stereocenters. The summed E-state index contributed by atoms with van der Waals surface area (Å²) in [6, 6.07) is 0. The summed E-state index contributed by atoms with van der Waals surface area (Å²) < 4.78 is 0. The third-order valence-electron chi connectivity index (χ3n) is 3.76. The van der Waals surface area contributed by atoms with E-state index in [9.17, 15) is 9.59 Å². The second-order valence-corrected chi connectivity index (χ2v) is 5.38. The van der Waals surface area contributed by atoms with Crippen molar-refractivity contribution in [1.29, 1.82) is 0 Å². The van der Waals surface area contributed by atoms with Crippen molar-refractivity contribution in [1.82, 2.24) is 15.1 Å². The SMILES string of the molecule is CNCC(C)C(=O)N1CCN(C(=O)C2CC2)CC1. The molecule has 0 aromatic carbocycles. The predicted octanol–water partition coefficient (Wildman–Crippen LogP) is -0.0773. The van der Waals surface area contributed by atoms with Gasteiger partial charge in [0, 0.05) is 44.6 Å². The Balaban J connectivity index is 1.78. The molecular formula is C13H23N3O2. The molecule has 0 bridgehead atoms. The monoisotopic (exact) mass is 253 g/mol. The molecule has 0 spiro atoms. The van der Waals surface area contributed by atoms with Crippen molar-refractivity contribution in [2.75, 3.05) is 39.8 Å². The molecule has 1 saturated heterocycles. The Bertz CT molecular complexity index is 320. The van der Waals surface area contributed by atoms with Crippen LogP contribution in [-0.2, 0) is 9.59 Å². The molecule has 1 N–H and O–H groups in total. The van der Waals surface area contributed by atoms with E-state index in [1.165, 1.54) is 0 Å². The van der Waals surface area contributed by atoms with Gasteiger partial charge in [-0.25, -0.2) is 0 Å². The van der Waals surface area contributed by atoms with Gasteiger partial charge in [-0.15, -0.1) is 0 Å². The number of rotatable bonds is 4. The Kier molecular flexibility index (Phi) is 4.22. The highest BCUT2D eigenvalue weighted by molar-refractivity contribution is 5.82. The first kappa shape index (κ1) is 13.3. The van der Waals surface area contributed by atoms with Gasteiger partial charge in [0.05, 0.1) is 0 Å². The van der Waals surface area contributed by atoms with Gasteiger partial charge in [-0.2, -0.15) is 0 Å². The van der Waals surface area contributed by atoms with Gasteiger partial charge >= 0.3 is 0 Å². The van der Waals surface area contributed by atoms with Crippen LogP contribution in [-0.4, -0.2) is 61.4 Å². The maximum atomic E-state index is 12.1. The fourth-order valence-corrected chi connectivity index (χ4v) is 2.44. The van der Waals surface area contributed by atoms with Crippen molar-refractivity contribution in [2.45, 2.75) is 19.8 Å². The minimum absolute atomic E-state index is 0.0145. The normalized spacial score (nSPS) is 21.9. The van der Waals surface area contributed by atoms with Crippen LogP contribution in [0.25, 0.3) is 0 Å². The van der Waals surface area contributed by atoms with Gasteiger partial charge < -0.3 is 15.1 Å². The highest BCUT2D eigenvalue weighted by Crippen LogP contribution is 2.31. The number of carbonyl (C=O) groups excluding carboxylic acids is 2. The first-order valence-electron chi connectivity index (χ1n) is 6.85. The quantitative estimate of drug-likeness (QED) is 0.762. The average Bonchev–Trinajstić information content (AvgIpc) is 3.22. The summed E-state index contributed by atoms with van der Waals surface area (Å²) in [6.07, 6.45) is 2.11. The van der Waals surface area contributed by atoms with E-state index in [0.29, 0.717) is 38.6 Å². The smallest absolute Gasteiger partial charge is 0.226 e. The summed E-state index contributed by atoms with van der Waals surface area (Å²) in [5.41, 5.74) is 0. The highest BCUT2D eigenvalue weighted by Gasteiger charge is 2.35. The van der Waals surface area contributed by atoms with Gasteiger partial charge in [-0.05, 0) is 19.9 Å². The van der Waals surface area contributed by atoms with E-state index in [4.69, 9.17) is 0 Å². The number of nitrogens with zero attached hydrogens (tertiary/aromatic N) is 2. The van der Waals surface area contributed by atoms with Gasteiger partial charge in [-0.1, -0.05) is 6.92 Å². The number of amides is 2. The zero-order chi connectivity index (χ0) is 13.1. The maximum Gasteiger partial charge on any atom is 0.226 e. The fraction of sp³-hybridized carbons (Fsp3) is 0.846. The van der Waals surface area contributed by atoms with Gasteiger partial charge in [0.2, 0.25) is 11.8 Å². The van der Waals surface area contributed by atoms with Gasteiger partial charge in [0.1, 0.15) is 0 Å². The lowest BCUT2D eigenvalue weighted by Gasteiger charge is -2.36. The zero-order valence-electron chi connectivity index (χ0n) is 11.3. The van der Waals surface area contributed by atoms with Crippen LogP contribution in [0.15, 0.2) is 0 Å². The summed E-state index contributed by atoms with van der Waals surface area (Å²) in [5, 5.41) is 3.03. The summed E-state index contributed by atoms with van der Waals surface area (Å²) in [4.78, 5) is 27.8. The first-order chi connectivity index (χ1) is 8.63. The largest absolute Gasteiger partial charge is 0.339 e. The van der Waals surface area contributed by atoms with Crippen molar-refractivity contribution in [2.24, 2.45) is 11.8 Å². The van der Waals surface area contributed by atoms with E-state index in [1.807, 2.05) is 23.8 Å². The Morgan fingerprint density at radius 1 is 1.17 bits per heavy atom. The molecule has 2 fully saturated rings. The molecule has 1 atom stereocenters. The molecule has 0 aromatic heterocycles. The van der Waals surface area contributed by atoms with Crippen molar-refractivity contribution in [3.8, 4) is 0 Å². The van der Waals surface area contributed by atoms with Crippen molar-refractivity contribution >= 4 is 11.8 Å². The Labute approximate surface area is 108 Å². The number of hydrogen-bond acceptors (Lipinski definition) is 3. The first-order valence-corrected chi connectivity index (χ1v) is 6.85. The van der Waals surface area contributed by atoms with Crippen LogP contribution in [0.5, 0.6) is 0 Å². The average molecular weight is 253 g/mol. The molecule has 2 aliphatic rings. The van der Waals surface area contributed by atoms with Crippen LogP contribution >= 0.6 is 0 Å². The molecular weight excluding hydrogens is 230 g/mol. The second-order valence-electron chi connectivity index (χ2n) is 5.38. The molecule has 1 saturated carbocycles. The van der Waals surface area contributed by atoms with Crippen molar-refractivity contribution in [3.05, 3.63) is 0 Å². The third-order valence-corrected chi connectivity index (χ3v) is 3.76. The van der Waals surface area contributed by atoms with Crippen molar-refractivity contribution < 1.29 is 9.59 Å². The molecule has 1 aliphatic heterocycles. The molecule has 102 valence electrons. The van der Waals surface area contributed by atoms with Crippen LogP contribution in [0.1, 0.15) is 19.8 Å². The van der Waals surface area contributed by atoms with E-state index in [0.717, 1.165) is 12.8 Å². The van der Waals surface area contributed by atoms with Crippen LogP contribution < -0.4 is 5.32 Å². The van der Waals surface area contributed by atoms with Crippen LogP contribution in [0.4, 0.5) is 0 Å². The Hall–Kier alpha value is -1.10. The van der Waals surface area contributed by atoms with Crippen molar-refractivity contribution in [3.63, 3.8) is 0 Å². The molecule has 0 radical (unpaired) electrons. The molecule has 18 heavy (non-hydrogen) atoms. The van der Waals surface area contributed by atoms with Gasteiger partial charge in [0.15, 0.2) is 0 Å². The summed E-state index contributed by atoms with van der Waals surface area (Å²) in [6.45, 7) is 5.43. The summed E-state index contributed by atoms with van der Waals surface area (Å²) >= 11 is 0. The lowest BCUT2D eigenvalue weighted by atomic mass is 10.1. The number of carbonyl (C=O) groups is 2. The Morgan fingerprint density at radius 3 is 2.22 bits per heavy atom. The minimum Gasteiger partial charge on any atom is -0.339 e. The summed E-state index contributed by atoms with van der Waals surface area (Å²) in [5.74, 6) is 0.796. The summed E-state index contributed by atoms with van der Waals surface area (Å²) in [7, 11) is 1.86. The van der Waals surface area contributed by atoms with Gasteiger partial charge in [-0.3, -0.25) is 9.59 Å². The van der Waals surface area contributed by atoms with E-state index in [-0.39, 0.29) is 17.7 Å². The highest BCUT2D eigenvalue weighted by atomic mass is 16.2. The molecule has 2 amide bonds. The fourth-order valence-electron chi connectivity index (χ4n) is 2.44. The zero-order valence-corrected chi connectivity index (χ0v) is 11.3. The second kappa shape index (κ2) is 5.69. The molecule has 2 rings (SSSR count).